The lowest BCUT2D eigenvalue weighted by Crippen LogP contribution is -2.27. The molecule has 1 saturated heterocycles. The van der Waals surface area contributed by atoms with Gasteiger partial charge in [0.1, 0.15) is 0 Å². The molecule has 0 atom stereocenters. The SMILES string of the molecule is CC(C)OC(=O)CCNC(=O)c1ccc(N2CCCC2=O)cc1. The number of hydrogen-bond acceptors (Lipinski definition) is 4. The van der Waals surface area contributed by atoms with Crippen molar-refractivity contribution in [2.45, 2.75) is 39.2 Å². The van der Waals surface area contributed by atoms with Gasteiger partial charge in [-0.05, 0) is 44.5 Å². The topological polar surface area (TPSA) is 75.7 Å². The van der Waals surface area contributed by atoms with Crippen molar-refractivity contribution in [1.82, 2.24) is 5.32 Å². The Morgan fingerprint density at radius 3 is 2.52 bits per heavy atom. The molecule has 0 aliphatic carbocycles. The van der Waals surface area contributed by atoms with E-state index in [9.17, 15) is 14.4 Å². The van der Waals surface area contributed by atoms with Crippen molar-refractivity contribution in [1.29, 1.82) is 0 Å². The largest absolute Gasteiger partial charge is 0.463 e. The monoisotopic (exact) mass is 318 g/mol. The van der Waals surface area contributed by atoms with E-state index in [2.05, 4.69) is 5.32 Å². The van der Waals surface area contributed by atoms with E-state index in [4.69, 9.17) is 4.74 Å². The Morgan fingerprint density at radius 2 is 1.96 bits per heavy atom. The highest BCUT2D eigenvalue weighted by atomic mass is 16.5. The van der Waals surface area contributed by atoms with Gasteiger partial charge in [0.15, 0.2) is 0 Å². The highest BCUT2D eigenvalue weighted by Gasteiger charge is 2.21. The molecule has 23 heavy (non-hydrogen) atoms. The number of benzene rings is 1. The van der Waals surface area contributed by atoms with Crippen LogP contribution < -0.4 is 10.2 Å². The lowest BCUT2D eigenvalue weighted by molar-refractivity contribution is -0.147. The van der Waals surface area contributed by atoms with Crippen LogP contribution in [0, 0.1) is 0 Å². The number of carbonyl (C=O) groups is 3. The molecule has 1 aromatic carbocycles. The van der Waals surface area contributed by atoms with Crippen molar-refractivity contribution in [3.63, 3.8) is 0 Å². The van der Waals surface area contributed by atoms with Crippen LogP contribution in [0.5, 0.6) is 0 Å². The van der Waals surface area contributed by atoms with Crippen LogP contribution in [0.15, 0.2) is 24.3 Å². The van der Waals surface area contributed by atoms with Gasteiger partial charge in [-0.15, -0.1) is 0 Å². The van der Waals surface area contributed by atoms with E-state index in [1.807, 2.05) is 0 Å². The summed E-state index contributed by atoms with van der Waals surface area (Å²) in [7, 11) is 0. The Kier molecular flexibility index (Phi) is 5.73. The Bertz CT molecular complexity index is 581. The molecule has 6 heteroatoms. The zero-order valence-corrected chi connectivity index (χ0v) is 13.5. The molecule has 6 nitrogen and oxygen atoms in total. The number of rotatable bonds is 6. The number of nitrogens with zero attached hydrogens (tertiary/aromatic N) is 1. The fourth-order valence-electron chi connectivity index (χ4n) is 2.42. The molecule has 1 aliphatic heterocycles. The summed E-state index contributed by atoms with van der Waals surface area (Å²) >= 11 is 0. The van der Waals surface area contributed by atoms with E-state index in [1.54, 1.807) is 43.0 Å². The summed E-state index contributed by atoms with van der Waals surface area (Å²) in [6.45, 7) is 4.52. The lowest BCUT2D eigenvalue weighted by Gasteiger charge is -2.15. The standard InChI is InChI=1S/C17H22N2O4/c1-12(2)23-16(21)9-10-18-17(22)13-5-7-14(8-6-13)19-11-3-4-15(19)20/h5-8,12H,3-4,9-11H2,1-2H3,(H,18,22). The van der Waals surface area contributed by atoms with E-state index in [-0.39, 0.29) is 36.9 Å². The van der Waals surface area contributed by atoms with Crippen LogP contribution in [0.3, 0.4) is 0 Å². The molecule has 1 aliphatic rings. The molecule has 124 valence electrons. The Balaban J connectivity index is 1.83. The van der Waals surface area contributed by atoms with Gasteiger partial charge < -0.3 is 15.0 Å². The summed E-state index contributed by atoms with van der Waals surface area (Å²) in [5.41, 5.74) is 1.31. The Hall–Kier alpha value is -2.37. The van der Waals surface area contributed by atoms with Gasteiger partial charge in [0.2, 0.25) is 5.91 Å². The minimum absolute atomic E-state index is 0.117. The minimum atomic E-state index is -0.330. The second-order valence-electron chi connectivity index (χ2n) is 5.74. The van der Waals surface area contributed by atoms with Gasteiger partial charge in [-0.1, -0.05) is 0 Å². The molecule has 2 rings (SSSR count). The van der Waals surface area contributed by atoms with Crippen LogP contribution in [0.2, 0.25) is 0 Å². The highest BCUT2D eigenvalue weighted by molar-refractivity contribution is 5.97. The molecule has 0 aromatic heterocycles. The molecule has 0 radical (unpaired) electrons. The number of amides is 2. The molecule has 2 amide bonds. The van der Waals surface area contributed by atoms with Crippen molar-refractivity contribution in [3.8, 4) is 0 Å². The van der Waals surface area contributed by atoms with Crippen molar-refractivity contribution in [2.75, 3.05) is 18.0 Å². The third kappa shape index (κ3) is 4.81. The quantitative estimate of drug-likeness (QED) is 0.813. The zero-order chi connectivity index (χ0) is 16.8. The summed E-state index contributed by atoms with van der Waals surface area (Å²) in [6, 6.07) is 6.90. The maximum Gasteiger partial charge on any atom is 0.307 e. The Labute approximate surface area is 135 Å². The van der Waals surface area contributed by atoms with Crippen molar-refractivity contribution in [3.05, 3.63) is 29.8 Å². The highest BCUT2D eigenvalue weighted by Crippen LogP contribution is 2.21. The van der Waals surface area contributed by atoms with Crippen LogP contribution in [0.25, 0.3) is 0 Å². The Morgan fingerprint density at radius 1 is 1.26 bits per heavy atom. The zero-order valence-electron chi connectivity index (χ0n) is 13.5. The lowest BCUT2D eigenvalue weighted by atomic mass is 10.2. The van der Waals surface area contributed by atoms with Gasteiger partial charge in [0, 0.05) is 30.8 Å². The summed E-state index contributed by atoms with van der Waals surface area (Å²) in [5.74, 6) is -0.462. The van der Waals surface area contributed by atoms with Gasteiger partial charge in [-0.25, -0.2) is 0 Å². The molecular formula is C17H22N2O4. The van der Waals surface area contributed by atoms with Crippen LogP contribution in [0.1, 0.15) is 43.5 Å². The number of ether oxygens (including phenoxy) is 1. The van der Waals surface area contributed by atoms with E-state index < -0.39 is 0 Å². The molecule has 1 heterocycles. The van der Waals surface area contributed by atoms with Gasteiger partial charge in [-0.3, -0.25) is 14.4 Å². The number of esters is 1. The molecule has 1 fully saturated rings. The summed E-state index contributed by atoms with van der Waals surface area (Å²) < 4.78 is 4.99. The van der Waals surface area contributed by atoms with Gasteiger partial charge in [-0.2, -0.15) is 0 Å². The second-order valence-corrected chi connectivity index (χ2v) is 5.74. The predicted octanol–water partition coefficient (Wildman–Crippen LogP) is 1.88. The van der Waals surface area contributed by atoms with Crippen molar-refractivity contribution < 1.29 is 19.1 Å². The molecule has 0 spiro atoms. The number of nitrogens with one attached hydrogen (secondary N) is 1. The molecule has 0 unspecified atom stereocenters. The normalized spacial score (nSPS) is 14.2. The van der Waals surface area contributed by atoms with Crippen molar-refractivity contribution in [2.24, 2.45) is 0 Å². The fraction of sp³-hybridized carbons (Fsp3) is 0.471. The number of carbonyl (C=O) groups excluding carboxylic acids is 3. The fourth-order valence-corrected chi connectivity index (χ4v) is 2.42. The van der Waals surface area contributed by atoms with Crippen LogP contribution in [-0.4, -0.2) is 37.0 Å². The van der Waals surface area contributed by atoms with Gasteiger partial charge >= 0.3 is 5.97 Å². The predicted molar refractivity (Wildman–Crippen MR) is 86.2 cm³/mol. The van der Waals surface area contributed by atoms with E-state index in [0.29, 0.717) is 12.0 Å². The van der Waals surface area contributed by atoms with Gasteiger partial charge in [0.25, 0.3) is 5.91 Å². The van der Waals surface area contributed by atoms with Crippen LogP contribution >= 0.6 is 0 Å². The molecular weight excluding hydrogens is 296 g/mol. The smallest absolute Gasteiger partial charge is 0.307 e. The average molecular weight is 318 g/mol. The third-order valence-corrected chi connectivity index (χ3v) is 3.50. The van der Waals surface area contributed by atoms with E-state index in [1.165, 1.54) is 0 Å². The number of hydrogen-bond donors (Lipinski definition) is 1. The molecule has 0 bridgehead atoms. The van der Waals surface area contributed by atoms with Crippen molar-refractivity contribution >= 4 is 23.5 Å². The summed E-state index contributed by atoms with van der Waals surface area (Å²) in [5, 5.41) is 2.68. The minimum Gasteiger partial charge on any atom is -0.463 e. The van der Waals surface area contributed by atoms with E-state index in [0.717, 1.165) is 18.7 Å². The molecule has 0 saturated carbocycles. The van der Waals surface area contributed by atoms with E-state index >= 15 is 0 Å². The third-order valence-electron chi connectivity index (χ3n) is 3.50. The van der Waals surface area contributed by atoms with Crippen LogP contribution in [0.4, 0.5) is 5.69 Å². The first kappa shape index (κ1) is 17.0. The first-order valence-electron chi connectivity index (χ1n) is 7.85. The second kappa shape index (κ2) is 7.76. The number of anilines is 1. The maximum atomic E-state index is 12.0. The van der Waals surface area contributed by atoms with Crippen LogP contribution in [-0.2, 0) is 14.3 Å². The first-order valence-corrected chi connectivity index (χ1v) is 7.85. The summed E-state index contributed by atoms with van der Waals surface area (Å²) in [6.07, 6.45) is 1.44. The molecule has 1 N–H and O–H groups in total. The summed E-state index contributed by atoms with van der Waals surface area (Å²) in [4.78, 5) is 36.8. The molecule has 1 aromatic rings. The maximum absolute atomic E-state index is 12.0. The van der Waals surface area contributed by atoms with Gasteiger partial charge in [0.05, 0.1) is 12.5 Å². The average Bonchev–Trinajstić information content (AvgIpc) is 2.92. The first-order chi connectivity index (χ1) is 11.0.